The lowest BCUT2D eigenvalue weighted by atomic mass is 10.3. The summed E-state index contributed by atoms with van der Waals surface area (Å²) in [5.41, 5.74) is 0. The second-order valence-corrected chi connectivity index (χ2v) is 4.44. The minimum atomic E-state index is -4.47. The summed E-state index contributed by atoms with van der Waals surface area (Å²) in [6.45, 7) is -3.99. The molecule has 1 amide bonds. The van der Waals surface area contributed by atoms with E-state index < -0.39 is 72.0 Å². The van der Waals surface area contributed by atoms with Gasteiger partial charge in [0.25, 0.3) is 0 Å². The molecule has 0 heterocycles. The summed E-state index contributed by atoms with van der Waals surface area (Å²) in [6.07, 6.45) is -4.29. The number of rotatable bonds is 11. The third-order valence-electron chi connectivity index (χ3n) is 2.88. The third kappa shape index (κ3) is 4.41. The lowest BCUT2D eigenvalue weighted by Crippen LogP contribution is -2.57. The number of carbonyl (C=O) groups excluding carboxylic acids is 1. The lowest BCUT2D eigenvalue weighted by Gasteiger charge is -2.14. The highest BCUT2D eigenvalue weighted by Gasteiger charge is 2.72. The quantitative estimate of drug-likeness (QED) is 0.162. The monoisotopic (exact) mass is 419 g/mol. The van der Waals surface area contributed by atoms with Crippen LogP contribution in [0.2, 0.25) is 0 Å². The second-order valence-electron chi connectivity index (χ2n) is 4.44. The Labute approximate surface area is 148 Å². The topological polar surface area (TPSA) is 288 Å². The maximum atomic E-state index is 13.5. The molecule has 0 bridgehead atoms. The first-order chi connectivity index (χ1) is 12.6. The van der Waals surface area contributed by atoms with Gasteiger partial charge in [0.1, 0.15) is 16.4 Å². The Bertz CT molecular complexity index is 688. The van der Waals surface area contributed by atoms with E-state index in [-0.39, 0.29) is 0 Å². The van der Waals surface area contributed by atoms with Crippen LogP contribution in [0.1, 0.15) is 6.42 Å². The zero-order chi connectivity index (χ0) is 22.4. The molecule has 0 rings (SSSR count). The van der Waals surface area contributed by atoms with E-state index in [4.69, 9.17) is 0 Å². The number of hydrogen-bond acceptors (Lipinski definition) is 14. The largest absolute Gasteiger partial charge is 0.734 e. The Balaban J connectivity index is 5.50. The number of ether oxygens (including phenoxy) is 1. The summed E-state index contributed by atoms with van der Waals surface area (Å²) in [5.74, 6) is -8.82. The fourth-order valence-electron chi connectivity index (χ4n) is 1.33. The number of hydrazine groups is 1. The number of halogens is 1. The minimum absolute atomic E-state index is 0.869. The van der Waals surface area contributed by atoms with Crippen LogP contribution in [0.3, 0.4) is 0 Å². The Kier molecular flexibility index (Phi) is 7.01. The maximum Gasteiger partial charge on any atom is 0.734 e. The first-order valence-electron chi connectivity index (χ1n) is 6.14. The molecule has 0 aliphatic rings. The van der Waals surface area contributed by atoms with Crippen molar-refractivity contribution >= 4 is 6.09 Å². The van der Waals surface area contributed by atoms with Gasteiger partial charge >= 0.3 is 24.4 Å². The molecular formula is C6H6FN7O14. The maximum absolute atomic E-state index is 13.5. The third-order valence-corrected chi connectivity index (χ3v) is 2.88. The highest BCUT2D eigenvalue weighted by molar-refractivity contribution is 5.66. The van der Waals surface area contributed by atoms with Crippen LogP contribution in [-0.4, -0.2) is 65.6 Å². The molecule has 0 N–H and O–H groups in total. The van der Waals surface area contributed by atoms with Crippen molar-refractivity contribution < 1.29 is 43.6 Å². The van der Waals surface area contributed by atoms with E-state index in [1.807, 2.05) is 0 Å². The molecular weight excluding hydrogens is 413 g/mol. The molecule has 0 spiro atoms. The summed E-state index contributed by atoms with van der Waals surface area (Å²) >= 11 is 0. The van der Waals surface area contributed by atoms with Gasteiger partial charge in [0, 0.05) is 0 Å². The highest BCUT2D eigenvalue weighted by atomic mass is 19.2. The predicted octanol–water partition coefficient (Wildman–Crippen LogP) is -1.33. The summed E-state index contributed by atoms with van der Waals surface area (Å²) in [5, 5.41) is 60.6. The van der Waals surface area contributed by atoms with E-state index in [1.165, 1.54) is 0 Å². The Morgan fingerprint density at radius 2 is 1.21 bits per heavy atom. The predicted molar refractivity (Wildman–Crippen MR) is 71.2 cm³/mol. The van der Waals surface area contributed by atoms with Crippen LogP contribution >= 0.6 is 0 Å². The van der Waals surface area contributed by atoms with Gasteiger partial charge in [-0.1, -0.05) is 4.39 Å². The molecule has 0 saturated heterocycles. The molecule has 22 heteroatoms. The van der Waals surface area contributed by atoms with E-state index in [0.29, 0.717) is 0 Å². The average molecular weight is 419 g/mol. The minimum Gasteiger partial charge on any atom is -0.420 e. The zero-order valence-electron chi connectivity index (χ0n) is 12.8. The SMILES string of the molecule is O=C(OCC([N+](=O)[O-])([N+](=O)[O-])[N+](=O)[O-])N(CCC(F)([N+](=O)[O-])[N+](=O)[O-])[N+](=O)[O-]. The molecule has 0 fully saturated rings. The normalized spacial score (nSPS) is 11.2. The number of alkyl halides is 1. The van der Waals surface area contributed by atoms with Crippen molar-refractivity contribution in [2.45, 2.75) is 18.1 Å². The van der Waals surface area contributed by atoms with Crippen LogP contribution in [0.15, 0.2) is 0 Å². The number of hydrogen-bond donors (Lipinski definition) is 0. The van der Waals surface area contributed by atoms with Crippen LogP contribution in [0.4, 0.5) is 9.18 Å². The Morgan fingerprint density at radius 3 is 1.50 bits per heavy atom. The fourth-order valence-corrected chi connectivity index (χ4v) is 1.33. The van der Waals surface area contributed by atoms with E-state index >= 15 is 0 Å². The van der Waals surface area contributed by atoms with Gasteiger partial charge in [-0.3, -0.25) is 50.6 Å². The van der Waals surface area contributed by atoms with Gasteiger partial charge in [0.15, 0.2) is 26.2 Å². The van der Waals surface area contributed by atoms with Crippen molar-refractivity contribution in [2.24, 2.45) is 0 Å². The van der Waals surface area contributed by atoms with Gasteiger partial charge in [-0.25, -0.2) is 14.9 Å². The molecule has 0 unspecified atom stereocenters. The van der Waals surface area contributed by atoms with Gasteiger partial charge in [0.05, 0.1) is 0 Å². The second kappa shape index (κ2) is 8.32. The molecule has 0 atom stereocenters. The summed E-state index contributed by atoms with van der Waals surface area (Å²) in [7, 11) is 0. The molecule has 0 radical (unpaired) electrons. The molecule has 0 aliphatic heterocycles. The molecule has 21 nitrogen and oxygen atoms in total. The first kappa shape index (κ1) is 23.6. The van der Waals surface area contributed by atoms with Crippen LogP contribution in [-0.2, 0) is 4.74 Å². The summed E-state index contributed by atoms with van der Waals surface area (Å²) in [6, 6.07) is 0. The molecule has 28 heavy (non-hydrogen) atoms. The van der Waals surface area contributed by atoms with Crippen molar-refractivity contribution in [3.8, 4) is 0 Å². The van der Waals surface area contributed by atoms with Crippen LogP contribution in [0, 0.1) is 60.7 Å². The number of nitro groups is 6. The molecule has 156 valence electrons. The van der Waals surface area contributed by atoms with Crippen LogP contribution < -0.4 is 0 Å². The number of carbonyl (C=O) groups is 1. The Morgan fingerprint density at radius 1 is 0.821 bits per heavy atom. The average Bonchev–Trinajstić information content (AvgIpc) is 2.53. The zero-order valence-corrected chi connectivity index (χ0v) is 12.8. The summed E-state index contributed by atoms with van der Waals surface area (Å²) < 4.78 is 17.3. The smallest absolute Gasteiger partial charge is 0.420 e. The standard InChI is InChI=1S/C6H6FN7O14/c7-5(9(16)17,10(18)19)1-2-8(14(26)27)4(15)28-3-6(11(20)21,12(22)23)13(24)25/h1-3H2. The molecule has 0 aromatic heterocycles. The number of nitrogens with zero attached hydrogens (tertiary/aromatic N) is 7. The van der Waals surface area contributed by atoms with E-state index in [9.17, 15) is 69.9 Å². The first-order valence-corrected chi connectivity index (χ1v) is 6.14. The molecule has 0 aromatic carbocycles. The Hall–Kier alpha value is -4.40. The lowest BCUT2D eigenvalue weighted by molar-refractivity contribution is -0.970. The molecule has 0 aliphatic carbocycles. The molecule has 0 saturated carbocycles. The number of amides is 1. The van der Waals surface area contributed by atoms with Crippen LogP contribution in [0.25, 0.3) is 0 Å². The highest BCUT2D eigenvalue weighted by Crippen LogP contribution is 2.19. The van der Waals surface area contributed by atoms with Gasteiger partial charge < -0.3 is 4.74 Å². The van der Waals surface area contributed by atoms with E-state index in [0.717, 1.165) is 0 Å². The van der Waals surface area contributed by atoms with Gasteiger partial charge in [-0.2, -0.15) is 0 Å². The van der Waals surface area contributed by atoms with Gasteiger partial charge in [-0.15, -0.1) is 0 Å². The van der Waals surface area contributed by atoms with Crippen molar-refractivity contribution in [3.05, 3.63) is 60.7 Å². The molecule has 0 aromatic rings. The van der Waals surface area contributed by atoms with Crippen molar-refractivity contribution in [1.29, 1.82) is 0 Å². The van der Waals surface area contributed by atoms with Crippen LogP contribution in [0.5, 0.6) is 0 Å². The fraction of sp³-hybridized carbons (Fsp3) is 0.833. The van der Waals surface area contributed by atoms with Gasteiger partial charge in [-0.05, 0) is 5.01 Å². The van der Waals surface area contributed by atoms with Crippen molar-refractivity contribution in [2.75, 3.05) is 13.2 Å². The van der Waals surface area contributed by atoms with Gasteiger partial charge in [0.2, 0.25) is 0 Å². The van der Waals surface area contributed by atoms with Crippen molar-refractivity contribution in [1.82, 2.24) is 5.01 Å². The van der Waals surface area contributed by atoms with Crippen molar-refractivity contribution in [3.63, 3.8) is 0 Å². The van der Waals surface area contributed by atoms with E-state index in [1.54, 1.807) is 0 Å². The summed E-state index contributed by atoms with van der Waals surface area (Å²) in [4.78, 5) is 64.3. The van der Waals surface area contributed by atoms with E-state index in [2.05, 4.69) is 4.74 Å².